The highest BCUT2D eigenvalue weighted by atomic mass is 35.5. The predicted octanol–water partition coefficient (Wildman–Crippen LogP) is 4.27. The van der Waals surface area contributed by atoms with Crippen LogP contribution >= 0.6 is 23.2 Å². The fourth-order valence-electron chi connectivity index (χ4n) is 2.40. The van der Waals surface area contributed by atoms with E-state index in [0.29, 0.717) is 17.0 Å². The summed E-state index contributed by atoms with van der Waals surface area (Å²) in [5, 5.41) is 4.88. The first-order valence-electron chi connectivity index (χ1n) is 6.13. The first-order chi connectivity index (χ1) is 7.95. The van der Waals surface area contributed by atoms with Crippen LogP contribution in [0.3, 0.4) is 0 Å². The van der Waals surface area contributed by atoms with Crippen LogP contribution in [-0.4, -0.2) is 12.6 Å². The molecule has 0 saturated heterocycles. The maximum atomic E-state index is 6.29. The van der Waals surface area contributed by atoms with Crippen molar-refractivity contribution in [2.75, 3.05) is 6.54 Å². The van der Waals surface area contributed by atoms with Crippen molar-refractivity contribution in [2.45, 2.75) is 38.6 Å². The summed E-state index contributed by atoms with van der Waals surface area (Å²) in [5.41, 5.74) is 1.39. The molecule has 0 spiro atoms. The number of halogens is 2. The standard InChI is InChI=1S/C14H19Cl2N/c1-9(2)17-8-10-7-14(10,3)11-5-4-6-12(15)13(11)16/h4-6,9-10,17H,7-8H2,1-3H3. The Morgan fingerprint density at radius 1 is 1.41 bits per heavy atom. The van der Waals surface area contributed by atoms with Crippen molar-refractivity contribution in [2.24, 2.45) is 5.92 Å². The van der Waals surface area contributed by atoms with Gasteiger partial charge in [0.15, 0.2) is 0 Å². The van der Waals surface area contributed by atoms with Crippen LogP contribution in [0.1, 0.15) is 32.8 Å². The van der Waals surface area contributed by atoms with E-state index < -0.39 is 0 Å². The highest BCUT2D eigenvalue weighted by molar-refractivity contribution is 6.42. The van der Waals surface area contributed by atoms with Gasteiger partial charge in [0.05, 0.1) is 10.0 Å². The minimum atomic E-state index is 0.198. The van der Waals surface area contributed by atoms with Gasteiger partial charge >= 0.3 is 0 Å². The first kappa shape index (κ1) is 13.2. The zero-order valence-corrected chi connectivity index (χ0v) is 12.1. The molecule has 0 bridgehead atoms. The van der Waals surface area contributed by atoms with E-state index in [2.05, 4.69) is 32.2 Å². The molecule has 2 rings (SSSR count). The van der Waals surface area contributed by atoms with Crippen molar-refractivity contribution in [3.63, 3.8) is 0 Å². The van der Waals surface area contributed by atoms with Gasteiger partial charge in [-0.15, -0.1) is 0 Å². The molecule has 0 amide bonds. The lowest BCUT2D eigenvalue weighted by Gasteiger charge is -2.16. The number of hydrogen-bond acceptors (Lipinski definition) is 1. The van der Waals surface area contributed by atoms with Crippen molar-refractivity contribution >= 4 is 23.2 Å². The molecule has 0 radical (unpaired) electrons. The van der Waals surface area contributed by atoms with Gasteiger partial charge in [0.25, 0.3) is 0 Å². The van der Waals surface area contributed by atoms with Gasteiger partial charge in [-0.3, -0.25) is 0 Å². The second kappa shape index (κ2) is 4.79. The maximum Gasteiger partial charge on any atom is 0.0629 e. The normalized spacial score (nSPS) is 27.5. The smallest absolute Gasteiger partial charge is 0.0629 e. The summed E-state index contributed by atoms with van der Waals surface area (Å²) in [5.74, 6) is 0.667. The van der Waals surface area contributed by atoms with E-state index in [9.17, 15) is 0 Å². The maximum absolute atomic E-state index is 6.29. The number of hydrogen-bond donors (Lipinski definition) is 1. The predicted molar refractivity (Wildman–Crippen MR) is 75.1 cm³/mol. The molecule has 0 heterocycles. The lowest BCUT2D eigenvalue weighted by atomic mass is 9.95. The minimum Gasteiger partial charge on any atom is -0.314 e. The molecule has 94 valence electrons. The Labute approximate surface area is 114 Å². The van der Waals surface area contributed by atoms with Crippen LogP contribution in [0.5, 0.6) is 0 Å². The zero-order valence-electron chi connectivity index (χ0n) is 10.6. The Bertz CT molecular complexity index is 417. The Kier molecular flexibility index (Phi) is 3.72. The molecule has 1 aromatic carbocycles. The van der Waals surface area contributed by atoms with E-state index in [4.69, 9.17) is 23.2 Å². The lowest BCUT2D eigenvalue weighted by Crippen LogP contribution is -2.26. The van der Waals surface area contributed by atoms with E-state index in [0.717, 1.165) is 11.6 Å². The van der Waals surface area contributed by atoms with Gasteiger partial charge in [0, 0.05) is 6.04 Å². The summed E-state index contributed by atoms with van der Waals surface area (Å²) in [6.07, 6.45) is 1.19. The van der Waals surface area contributed by atoms with Crippen molar-refractivity contribution in [1.82, 2.24) is 5.32 Å². The van der Waals surface area contributed by atoms with Crippen LogP contribution in [0.2, 0.25) is 10.0 Å². The Hall–Kier alpha value is -0.240. The molecule has 1 aliphatic rings. The molecule has 1 saturated carbocycles. The molecule has 3 heteroatoms. The summed E-state index contributed by atoms with van der Waals surface area (Å²) >= 11 is 12.4. The zero-order chi connectivity index (χ0) is 12.6. The van der Waals surface area contributed by atoms with E-state index in [1.54, 1.807) is 0 Å². The van der Waals surface area contributed by atoms with Crippen LogP contribution in [-0.2, 0) is 5.41 Å². The third-order valence-corrected chi connectivity index (χ3v) is 4.57. The van der Waals surface area contributed by atoms with Crippen LogP contribution in [0.25, 0.3) is 0 Å². The fourth-order valence-corrected chi connectivity index (χ4v) is 2.92. The monoisotopic (exact) mass is 271 g/mol. The van der Waals surface area contributed by atoms with Crippen molar-refractivity contribution in [1.29, 1.82) is 0 Å². The summed E-state index contributed by atoms with van der Waals surface area (Å²) in [6, 6.07) is 6.47. The summed E-state index contributed by atoms with van der Waals surface area (Å²) < 4.78 is 0. The van der Waals surface area contributed by atoms with Gasteiger partial charge in [0.2, 0.25) is 0 Å². The molecular formula is C14H19Cl2N. The van der Waals surface area contributed by atoms with Gasteiger partial charge in [-0.05, 0) is 35.9 Å². The van der Waals surface area contributed by atoms with E-state index in [-0.39, 0.29) is 5.41 Å². The highest BCUT2D eigenvalue weighted by Gasteiger charge is 2.51. The van der Waals surface area contributed by atoms with E-state index in [1.165, 1.54) is 12.0 Å². The molecule has 1 aliphatic carbocycles. The Balaban J connectivity index is 2.11. The summed E-state index contributed by atoms with van der Waals surface area (Å²) in [7, 11) is 0. The largest absolute Gasteiger partial charge is 0.314 e. The van der Waals surface area contributed by atoms with Gasteiger partial charge in [-0.1, -0.05) is 56.1 Å². The average molecular weight is 272 g/mol. The summed E-state index contributed by atoms with van der Waals surface area (Å²) in [6.45, 7) is 7.67. The van der Waals surface area contributed by atoms with E-state index in [1.807, 2.05) is 12.1 Å². The highest BCUT2D eigenvalue weighted by Crippen LogP contribution is 2.56. The molecule has 1 nitrogen and oxygen atoms in total. The molecule has 0 aromatic heterocycles. The first-order valence-corrected chi connectivity index (χ1v) is 6.88. The molecule has 17 heavy (non-hydrogen) atoms. The average Bonchev–Trinajstić information content (AvgIpc) is 2.92. The van der Waals surface area contributed by atoms with Gasteiger partial charge in [-0.25, -0.2) is 0 Å². The van der Waals surface area contributed by atoms with Gasteiger partial charge in [0.1, 0.15) is 0 Å². The molecule has 2 unspecified atom stereocenters. The topological polar surface area (TPSA) is 12.0 Å². The molecule has 2 atom stereocenters. The SMILES string of the molecule is CC(C)NCC1CC1(C)c1cccc(Cl)c1Cl. The second-order valence-corrected chi connectivity index (χ2v) is 6.27. The van der Waals surface area contributed by atoms with Crippen molar-refractivity contribution in [3.05, 3.63) is 33.8 Å². The third kappa shape index (κ3) is 2.62. The molecule has 0 aliphatic heterocycles. The minimum absolute atomic E-state index is 0.198. The van der Waals surface area contributed by atoms with Gasteiger partial charge in [-0.2, -0.15) is 0 Å². The van der Waals surface area contributed by atoms with Crippen LogP contribution < -0.4 is 5.32 Å². The Morgan fingerprint density at radius 3 is 2.76 bits per heavy atom. The molecule has 1 aromatic rings. The van der Waals surface area contributed by atoms with Crippen molar-refractivity contribution < 1.29 is 0 Å². The molecule has 1 fully saturated rings. The molecular weight excluding hydrogens is 253 g/mol. The third-order valence-electron chi connectivity index (χ3n) is 3.75. The fraction of sp³-hybridized carbons (Fsp3) is 0.571. The number of nitrogens with one attached hydrogen (secondary N) is 1. The number of benzene rings is 1. The number of rotatable bonds is 4. The second-order valence-electron chi connectivity index (χ2n) is 5.48. The summed E-state index contributed by atoms with van der Waals surface area (Å²) in [4.78, 5) is 0. The van der Waals surface area contributed by atoms with Crippen LogP contribution in [0.4, 0.5) is 0 Å². The van der Waals surface area contributed by atoms with Crippen LogP contribution in [0.15, 0.2) is 18.2 Å². The van der Waals surface area contributed by atoms with E-state index >= 15 is 0 Å². The van der Waals surface area contributed by atoms with Gasteiger partial charge < -0.3 is 5.32 Å². The van der Waals surface area contributed by atoms with Crippen molar-refractivity contribution in [3.8, 4) is 0 Å². The lowest BCUT2D eigenvalue weighted by molar-refractivity contribution is 0.528. The molecule has 1 N–H and O–H groups in total. The Morgan fingerprint density at radius 2 is 2.12 bits per heavy atom. The van der Waals surface area contributed by atoms with Crippen LogP contribution in [0, 0.1) is 5.92 Å². The quantitative estimate of drug-likeness (QED) is 0.863.